The number of nitrogens with two attached hydrogens (primary N) is 1. The van der Waals surface area contributed by atoms with E-state index in [2.05, 4.69) is 25.2 Å². The summed E-state index contributed by atoms with van der Waals surface area (Å²) >= 11 is 0. The molecule has 0 bridgehead atoms. The van der Waals surface area contributed by atoms with Gasteiger partial charge in [-0.3, -0.25) is 9.36 Å². The highest BCUT2D eigenvalue weighted by molar-refractivity contribution is 7.56. The summed E-state index contributed by atoms with van der Waals surface area (Å²) in [5.74, 6) is -0.254. The highest BCUT2D eigenvalue weighted by Gasteiger charge is 2.40. The van der Waals surface area contributed by atoms with E-state index in [1.165, 1.54) is 6.33 Å². The van der Waals surface area contributed by atoms with Gasteiger partial charge >= 0.3 is 13.5 Å². The van der Waals surface area contributed by atoms with Crippen molar-refractivity contribution in [3.05, 3.63) is 12.7 Å². The summed E-state index contributed by atoms with van der Waals surface area (Å²) in [4.78, 5) is 24.9. The van der Waals surface area contributed by atoms with E-state index >= 15 is 0 Å². The van der Waals surface area contributed by atoms with Gasteiger partial charge in [0, 0.05) is 0 Å². The number of nitrogen functional groups attached to an aromatic ring is 1. The molecular weight excluding hydrogens is 461 g/mol. The fourth-order valence-electron chi connectivity index (χ4n) is 3.49. The Bertz CT molecular complexity index is 1080. The molecular formula is C21H34N7O5P. The molecule has 2 heterocycles. The Morgan fingerprint density at radius 2 is 1.97 bits per heavy atom. The molecule has 188 valence electrons. The number of hydrogen-bond donors (Lipinski definition) is 2. The summed E-state index contributed by atoms with van der Waals surface area (Å²) in [6, 6.07) is 0. The Kier molecular flexibility index (Phi) is 8.27. The van der Waals surface area contributed by atoms with Crippen molar-refractivity contribution in [3.8, 4) is 0 Å². The number of carbonyl (C=O) groups excluding carboxylic acids is 1. The highest BCUT2D eigenvalue weighted by Crippen LogP contribution is 2.46. The van der Waals surface area contributed by atoms with Crippen molar-refractivity contribution in [1.29, 1.82) is 0 Å². The van der Waals surface area contributed by atoms with Crippen molar-refractivity contribution < 1.29 is 23.5 Å². The van der Waals surface area contributed by atoms with E-state index < -0.39 is 25.1 Å². The summed E-state index contributed by atoms with van der Waals surface area (Å²) < 4.78 is 32.2. The molecule has 0 radical (unpaired) electrons. The van der Waals surface area contributed by atoms with Gasteiger partial charge in [-0.2, -0.15) is 0 Å². The van der Waals surface area contributed by atoms with Crippen LogP contribution in [0.3, 0.4) is 0 Å². The number of carbonyl (C=O) groups is 1. The Morgan fingerprint density at radius 1 is 1.26 bits per heavy atom. The largest absolute Gasteiger partial charge is 0.462 e. The summed E-state index contributed by atoms with van der Waals surface area (Å²) in [6.07, 6.45) is 5.61. The fourth-order valence-corrected chi connectivity index (χ4v) is 5.29. The molecule has 0 spiro atoms. The van der Waals surface area contributed by atoms with E-state index in [0.29, 0.717) is 23.5 Å². The molecule has 1 aliphatic carbocycles. The molecule has 34 heavy (non-hydrogen) atoms. The van der Waals surface area contributed by atoms with Crippen molar-refractivity contribution in [2.24, 2.45) is 5.16 Å². The summed E-state index contributed by atoms with van der Waals surface area (Å²) in [7, 11) is -3.72. The third-order valence-corrected chi connectivity index (χ3v) is 6.93. The number of rotatable bonds is 11. The second-order valence-electron chi connectivity index (χ2n) is 9.24. The highest BCUT2D eigenvalue weighted by atomic mass is 31.2. The maximum atomic E-state index is 13.7. The topological polar surface area (TPSA) is 156 Å². The second kappa shape index (κ2) is 10.8. The fraction of sp³-hybridized carbons (Fsp3) is 0.667. The summed E-state index contributed by atoms with van der Waals surface area (Å²) in [5.41, 5.74) is 6.49. The van der Waals surface area contributed by atoms with Gasteiger partial charge in [-0.05, 0) is 60.3 Å². The number of imidazole rings is 1. The van der Waals surface area contributed by atoms with Crippen molar-refractivity contribution in [1.82, 2.24) is 24.6 Å². The van der Waals surface area contributed by atoms with Gasteiger partial charge in [0.15, 0.2) is 11.5 Å². The van der Waals surface area contributed by atoms with Crippen LogP contribution in [0.2, 0.25) is 0 Å². The molecule has 12 nitrogen and oxygen atoms in total. The first kappa shape index (κ1) is 26.1. The quantitative estimate of drug-likeness (QED) is 0.269. The maximum absolute atomic E-state index is 13.7. The average Bonchev–Trinajstić information content (AvgIpc) is 3.41. The molecule has 0 aliphatic heterocycles. The van der Waals surface area contributed by atoms with E-state index in [1.807, 2.05) is 6.92 Å². The number of aromatic nitrogens is 4. The number of ether oxygens (including phenoxy) is 2. The van der Waals surface area contributed by atoms with Gasteiger partial charge in [0.25, 0.3) is 0 Å². The van der Waals surface area contributed by atoms with Crippen LogP contribution in [-0.2, 0) is 30.0 Å². The monoisotopic (exact) mass is 495 g/mol. The van der Waals surface area contributed by atoms with E-state index in [4.69, 9.17) is 19.8 Å². The van der Waals surface area contributed by atoms with Crippen LogP contribution in [0.25, 0.3) is 11.2 Å². The Balaban J connectivity index is 1.70. The van der Waals surface area contributed by atoms with Gasteiger partial charge in [0.05, 0.1) is 30.8 Å². The van der Waals surface area contributed by atoms with Crippen molar-refractivity contribution in [2.45, 2.75) is 84.6 Å². The molecule has 3 N–H and O–H groups in total. The van der Waals surface area contributed by atoms with Gasteiger partial charge in [0.2, 0.25) is 0 Å². The number of fused-ring (bicyclic) bond motifs is 1. The van der Waals surface area contributed by atoms with Gasteiger partial charge in [-0.25, -0.2) is 20.0 Å². The van der Waals surface area contributed by atoms with Gasteiger partial charge in [0.1, 0.15) is 23.7 Å². The lowest BCUT2D eigenvalue weighted by atomic mass is 10.1. The van der Waals surface area contributed by atoms with Crippen LogP contribution >= 0.6 is 7.52 Å². The number of oxime groups is 1. The van der Waals surface area contributed by atoms with E-state index in [-0.39, 0.29) is 12.5 Å². The van der Waals surface area contributed by atoms with Gasteiger partial charge in [-0.1, -0.05) is 5.16 Å². The van der Waals surface area contributed by atoms with Crippen molar-refractivity contribution in [2.75, 3.05) is 12.1 Å². The van der Waals surface area contributed by atoms with Crippen LogP contribution in [0, 0.1) is 0 Å². The third kappa shape index (κ3) is 6.74. The van der Waals surface area contributed by atoms with E-state index in [0.717, 1.165) is 31.4 Å². The molecule has 3 rings (SSSR count). The molecule has 1 saturated carbocycles. The number of esters is 1. The minimum atomic E-state index is -3.72. The van der Waals surface area contributed by atoms with Crippen LogP contribution < -0.4 is 10.8 Å². The third-order valence-electron chi connectivity index (χ3n) is 5.20. The zero-order valence-corrected chi connectivity index (χ0v) is 21.2. The minimum Gasteiger partial charge on any atom is -0.462 e. The number of hydrogen-bond acceptors (Lipinski definition) is 10. The normalized spacial score (nSPS) is 17.1. The van der Waals surface area contributed by atoms with Crippen LogP contribution in [0.5, 0.6) is 0 Å². The Labute approximate surface area is 199 Å². The smallest absolute Gasteiger partial charge is 0.365 e. The zero-order chi connectivity index (χ0) is 24.9. The van der Waals surface area contributed by atoms with Crippen molar-refractivity contribution in [3.63, 3.8) is 0 Å². The van der Waals surface area contributed by atoms with Gasteiger partial charge < -0.3 is 24.4 Å². The molecule has 0 amide bonds. The molecule has 0 saturated heterocycles. The number of nitrogens with zero attached hydrogens (tertiary/aromatic N) is 5. The molecule has 0 aromatic carbocycles. The Morgan fingerprint density at radius 3 is 2.65 bits per heavy atom. The molecule has 0 unspecified atom stereocenters. The molecule has 2 aromatic heterocycles. The van der Waals surface area contributed by atoms with Crippen LogP contribution in [0.4, 0.5) is 5.82 Å². The zero-order valence-electron chi connectivity index (χ0n) is 20.4. The molecule has 2 atom stereocenters. The first-order chi connectivity index (χ1) is 16.0. The molecule has 1 aliphatic rings. The average molecular weight is 496 g/mol. The lowest BCUT2D eigenvalue weighted by molar-refractivity contribution is -0.153. The summed E-state index contributed by atoms with van der Waals surface area (Å²) in [5, 5.41) is 6.94. The molecule has 2 aromatic rings. The molecule has 1 fully saturated rings. The Hall–Kier alpha value is -2.56. The lowest BCUT2D eigenvalue weighted by Gasteiger charge is -2.29. The molecule has 13 heteroatoms. The van der Waals surface area contributed by atoms with Gasteiger partial charge in [-0.15, -0.1) is 0 Å². The van der Waals surface area contributed by atoms with Crippen LogP contribution in [-0.4, -0.2) is 55.3 Å². The second-order valence-corrected chi connectivity index (χ2v) is 11.2. The predicted octanol–water partition coefficient (Wildman–Crippen LogP) is 3.23. The maximum Gasteiger partial charge on any atom is 0.365 e. The first-order valence-corrected chi connectivity index (χ1v) is 13.2. The summed E-state index contributed by atoms with van der Waals surface area (Å²) in [6.45, 7) is 8.86. The predicted molar refractivity (Wildman–Crippen MR) is 128 cm³/mol. The van der Waals surface area contributed by atoms with E-state index in [1.54, 1.807) is 38.6 Å². The first-order valence-electron chi connectivity index (χ1n) is 11.4. The SMILES string of the molecule is CC(C)OC(=O)C(C)(C)N[P@](=O)(CO[C@H](C)Cn1cnc2c(N)ncnc21)ON=C1CCCC1. The van der Waals surface area contributed by atoms with Crippen LogP contribution in [0.1, 0.15) is 60.3 Å². The number of nitrogens with one attached hydrogen (secondary N) is 1. The number of anilines is 1. The van der Waals surface area contributed by atoms with Crippen LogP contribution in [0.15, 0.2) is 17.8 Å². The standard InChI is InChI=1S/C21H34N7O5P/c1-14(2)32-20(29)21(4,5)27-34(30,33-26-16-8-6-7-9-16)13-31-15(3)10-28-12-25-17-18(22)23-11-24-19(17)28/h11-12,14-15H,6-10,13H2,1-5H3,(H,27,30)(H2,22,23,24)/t15-,34+/m1/s1. The van der Waals surface area contributed by atoms with Crippen molar-refractivity contribution >= 4 is 36.2 Å². The lowest BCUT2D eigenvalue weighted by Crippen LogP contribution is -2.47. The minimum absolute atomic E-state index is 0.293. The van der Waals surface area contributed by atoms with E-state index in [9.17, 15) is 9.36 Å².